The molecule has 2 heterocycles. The van der Waals surface area contributed by atoms with Crippen LogP contribution in [-0.2, 0) is 24.2 Å². The van der Waals surface area contributed by atoms with Gasteiger partial charge in [-0.1, -0.05) is 11.8 Å². The fraction of sp³-hybridized carbons (Fsp3) is 0.400. The molecule has 12 heteroatoms. The lowest BCUT2D eigenvalue weighted by Crippen LogP contribution is -2.38. The Bertz CT molecular complexity index is 921. The number of ether oxygens (including phenoxy) is 1. The van der Waals surface area contributed by atoms with Crippen molar-refractivity contribution in [3.63, 3.8) is 0 Å². The summed E-state index contributed by atoms with van der Waals surface area (Å²) >= 11 is 1.01. The molecular formula is C15H14F2N2O6S2. The van der Waals surface area contributed by atoms with Gasteiger partial charge in [-0.25, -0.2) is 22.0 Å². The highest BCUT2D eigenvalue weighted by Gasteiger charge is 2.50. The van der Waals surface area contributed by atoms with E-state index >= 15 is 0 Å². The van der Waals surface area contributed by atoms with E-state index in [4.69, 9.17) is 5.11 Å². The molecule has 0 aliphatic carbocycles. The molecule has 1 amide bonds. The van der Waals surface area contributed by atoms with E-state index in [1.807, 2.05) is 0 Å². The summed E-state index contributed by atoms with van der Waals surface area (Å²) < 4.78 is 56.0. The van der Waals surface area contributed by atoms with E-state index in [2.05, 4.69) is 9.73 Å². The quantitative estimate of drug-likeness (QED) is 0.740. The molecule has 146 valence electrons. The van der Waals surface area contributed by atoms with Gasteiger partial charge in [-0.15, -0.1) is 0 Å². The van der Waals surface area contributed by atoms with Gasteiger partial charge in [-0.05, 0) is 12.1 Å². The second-order valence-electron chi connectivity index (χ2n) is 5.94. The van der Waals surface area contributed by atoms with Crippen molar-refractivity contribution < 1.29 is 36.6 Å². The van der Waals surface area contributed by atoms with Gasteiger partial charge in [0.2, 0.25) is 0 Å². The van der Waals surface area contributed by atoms with Crippen molar-refractivity contribution in [1.29, 1.82) is 0 Å². The summed E-state index contributed by atoms with van der Waals surface area (Å²) in [6, 6.07) is 2.19. The number of amides is 1. The van der Waals surface area contributed by atoms with E-state index in [9.17, 15) is 26.8 Å². The monoisotopic (exact) mass is 420 g/mol. The largest absolute Gasteiger partial charge is 0.480 e. The number of carbonyl (C=O) groups is 2. The molecule has 0 aromatic heterocycles. The zero-order valence-electron chi connectivity index (χ0n) is 13.7. The average molecular weight is 420 g/mol. The van der Waals surface area contributed by atoms with Gasteiger partial charge in [0, 0.05) is 11.3 Å². The molecule has 2 aliphatic rings. The first-order valence-electron chi connectivity index (χ1n) is 7.69. The van der Waals surface area contributed by atoms with E-state index in [-0.39, 0.29) is 22.4 Å². The maximum Gasteiger partial charge on any atom is 0.329 e. The molecule has 0 bridgehead atoms. The van der Waals surface area contributed by atoms with Gasteiger partial charge in [0.15, 0.2) is 15.0 Å². The molecule has 2 unspecified atom stereocenters. The van der Waals surface area contributed by atoms with Crippen molar-refractivity contribution in [2.75, 3.05) is 29.6 Å². The number of halogens is 2. The first-order valence-corrected chi connectivity index (χ1v) is 10.4. The summed E-state index contributed by atoms with van der Waals surface area (Å²) in [4.78, 5) is 27.4. The number of carbonyl (C=O) groups excluding carboxylic acids is 1. The first kappa shape index (κ1) is 19.7. The summed E-state index contributed by atoms with van der Waals surface area (Å²) in [7, 11) is -3.33. The Labute approximate surface area is 157 Å². The molecule has 0 radical (unpaired) electrons. The van der Waals surface area contributed by atoms with Crippen molar-refractivity contribution in [2.24, 2.45) is 4.99 Å². The Kier molecular flexibility index (Phi) is 5.49. The summed E-state index contributed by atoms with van der Waals surface area (Å²) in [6.07, 6.45) is 0. The van der Waals surface area contributed by atoms with Crippen LogP contribution < -0.4 is 4.90 Å². The number of aliphatic carboxylic acids is 1. The summed E-state index contributed by atoms with van der Waals surface area (Å²) in [5, 5.41) is 8.11. The number of benzene rings is 1. The minimum Gasteiger partial charge on any atom is -0.480 e. The molecule has 1 N–H and O–H groups in total. The van der Waals surface area contributed by atoms with Gasteiger partial charge >= 0.3 is 5.97 Å². The number of sulfone groups is 1. The molecule has 1 aromatic carbocycles. The lowest BCUT2D eigenvalue weighted by Gasteiger charge is -2.24. The number of hydrogen-bond donors (Lipinski definition) is 1. The van der Waals surface area contributed by atoms with Crippen LogP contribution in [0.5, 0.6) is 0 Å². The number of aliphatic imine (C=N–C) groups is 1. The number of thioether (sulfide) groups is 1. The summed E-state index contributed by atoms with van der Waals surface area (Å²) in [5.41, 5.74) is -0.0912. The van der Waals surface area contributed by atoms with Gasteiger partial charge < -0.3 is 14.7 Å². The van der Waals surface area contributed by atoms with Gasteiger partial charge in [0.25, 0.3) is 5.91 Å². The molecule has 1 aromatic rings. The predicted molar refractivity (Wildman–Crippen MR) is 93.6 cm³/mol. The van der Waals surface area contributed by atoms with Crippen LogP contribution in [0.25, 0.3) is 0 Å². The maximum atomic E-state index is 14.3. The van der Waals surface area contributed by atoms with Gasteiger partial charge in [0.05, 0.1) is 23.2 Å². The van der Waals surface area contributed by atoms with Gasteiger partial charge in [0.1, 0.15) is 24.8 Å². The predicted octanol–water partition coefficient (Wildman–Crippen LogP) is 0.667. The zero-order valence-corrected chi connectivity index (χ0v) is 15.3. The maximum absolute atomic E-state index is 14.3. The zero-order chi connectivity index (χ0) is 19.8. The fourth-order valence-corrected chi connectivity index (χ4v) is 6.81. The highest BCUT2D eigenvalue weighted by Crippen LogP contribution is 2.41. The minimum absolute atomic E-state index is 0.0642. The molecule has 8 nitrogen and oxygen atoms in total. The Morgan fingerprint density at radius 1 is 1.30 bits per heavy atom. The molecule has 27 heavy (non-hydrogen) atoms. The highest BCUT2D eigenvalue weighted by atomic mass is 32.2. The van der Waals surface area contributed by atoms with Gasteiger partial charge in [-0.3, -0.25) is 4.79 Å². The van der Waals surface area contributed by atoms with E-state index < -0.39 is 57.9 Å². The number of fused-ring (bicyclic) bond motifs is 1. The van der Waals surface area contributed by atoms with Crippen molar-refractivity contribution in [2.45, 2.75) is 11.3 Å². The van der Waals surface area contributed by atoms with Crippen molar-refractivity contribution >= 4 is 44.3 Å². The normalized spacial score (nSPS) is 25.0. The van der Waals surface area contributed by atoms with Crippen LogP contribution in [0.4, 0.5) is 14.5 Å². The average Bonchev–Trinajstić information content (AvgIpc) is 2.98. The van der Waals surface area contributed by atoms with E-state index in [0.717, 1.165) is 23.9 Å². The van der Waals surface area contributed by atoms with Crippen LogP contribution >= 0.6 is 11.8 Å². The summed E-state index contributed by atoms with van der Waals surface area (Å²) in [5.74, 6) is -4.15. The number of anilines is 1. The number of carboxylic acids is 1. The Hall–Kier alpha value is -2.05. The molecule has 2 aliphatic heterocycles. The number of rotatable bonds is 5. The molecule has 3 rings (SSSR count). The van der Waals surface area contributed by atoms with Crippen LogP contribution in [0, 0.1) is 11.6 Å². The molecule has 2 saturated heterocycles. The van der Waals surface area contributed by atoms with E-state index in [1.165, 1.54) is 4.90 Å². The van der Waals surface area contributed by atoms with Crippen LogP contribution in [-0.4, -0.2) is 66.6 Å². The van der Waals surface area contributed by atoms with Crippen molar-refractivity contribution in [3.05, 3.63) is 29.8 Å². The Morgan fingerprint density at radius 3 is 2.70 bits per heavy atom. The van der Waals surface area contributed by atoms with E-state index in [0.29, 0.717) is 6.07 Å². The molecule has 2 atom stereocenters. The lowest BCUT2D eigenvalue weighted by molar-refractivity contribution is -0.143. The highest BCUT2D eigenvalue weighted by molar-refractivity contribution is 8.16. The Balaban J connectivity index is 1.89. The molecule has 0 saturated carbocycles. The molecule has 0 spiro atoms. The van der Waals surface area contributed by atoms with E-state index in [1.54, 1.807) is 0 Å². The second-order valence-corrected chi connectivity index (χ2v) is 9.30. The number of nitrogens with zero attached hydrogens (tertiary/aromatic N) is 2. The topological polar surface area (TPSA) is 113 Å². The second kappa shape index (κ2) is 7.52. The van der Waals surface area contributed by atoms with Crippen molar-refractivity contribution in [1.82, 2.24) is 0 Å². The third-order valence-electron chi connectivity index (χ3n) is 3.91. The van der Waals surface area contributed by atoms with Crippen LogP contribution in [0.1, 0.15) is 0 Å². The standard InChI is InChI=1S/C15H14F2N2O6S2/c16-8-1-2-10(9(17)3-8)19-11-6-27(23,24)7-12(11)26-15(19)18-13(20)4-25-5-14(21)22/h1-3,11-12H,4-7H2,(H,21,22). The van der Waals surface area contributed by atoms with Crippen molar-refractivity contribution in [3.8, 4) is 0 Å². The number of hydrogen-bond acceptors (Lipinski definition) is 6. The SMILES string of the molecule is O=C(O)COCC(=O)N=C1SC2CS(=O)(=O)CC2N1c1ccc(F)cc1F. The van der Waals surface area contributed by atoms with Crippen LogP contribution in [0.3, 0.4) is 0 Å². The Morgan fingerprint density at radius 2 is 2.04 bits per heavy atom. The molecule has 2 fully saturated rings. The third kappa shape index (κ3) is 4.45. The minimum atomic E-state index is -3.33. The van der Waals surface area contributed by atoms with Crippen LogP contribution in [0.15, 0.2) is 23.2 Å². The number of carboxylic acid groups (broad SMARTS) is 1. The summed E-state index contributed by atoms with van der Waals surface area (Å²) in [6.45, 7) is -1.27. The third-order valence-corrected chi connectivity index (χ3v) is 7.12. The van der Waals surface area contributed by atoms with Crippen LogP contribution in [0.2, 0.25) is 0 Å². The molecular weight excluding hydrogens is 406 g/mol. The van der Waals surface area contributed by atoms with Gasteiger partial charge in [-0.2, -0.15) is 4.99 Å². The first-order chi connectivity index (χ1) is 12.7. The smallest absolute Gasteiger partial charge is 0.329 e. The number of amidine groups is 1. The fourth-order valence-electron chi connectivity index (χ4n) is 2.89. The lowest BCUT2D eigenvalue weighted by atomic mass is 10.2.